The zero-order valence-electron chi connectivity index (χ0n) is 18.7. The number of para-hydroxylation sites is 1. The van der Waals surface area contributed by atoms with Crippen LogP contribution in [0.4, 0.5) is 0 Å². The van der Waals surface area contributed by atoms with E-state index >= 15 is 0 Å². The summed E-state index contributed by atoms with van der Waals surface area (Å²) in [6.07, 6.45) is 4.60. The number of rotatable bonds is 4. The number of hydrogen-bond acceptors (Lipinski definition) is 6. The van der Waals surface area contributed by atoms with Crippen molar-refractivity contribution in [1.29, 1.82) is 5.26 Å². The molecule has 35 heavy (non-hydrogen) atoms. The molecule has 0 saturated heterocycles. The number of benzene rings is 2. The van der Waals surface area contributed by atoms with Crippen LogP contribution in [0.5, 0.6) is 0 Å². The van der Waals surface area contributed by atoms with Gasteiger partial charge in [-0.25, -0.2) is 14.8 Å². The predicted octanol–water partition coefficient (Wildman–Crippen LogP) is 4.02. The van der Waals surface area contributed by atoms with Crippen LogP contribution in [0.1, 0.15) is 36.2 Å². The van der Waals surface area contributed by atoms with Crippen molar-refractivity contribution in [2.24, 2.45) is 7.05 Å². The highest BCUT2D eigenvalue weighted by atomic mass is 35.5. The largest absolute Gasteiger partial charge is 0.329 e. The van der Waals surface area contributed by atoms with E-state index in [0.717, 1.165) is 35.4 Å². The first kappa shape index (κ1) is 21.3. The van der Waals surface area contributed by atoms with Crippen molar-refractivity contribution in [3.63, 3.8) is 0 Å². The molecule has 1 fully saturated rings. The summed E-state index contributed by atoms with van der Waals surface area (Å²) in [4.78, 5) is 21.4. The van der Waals surface area contributed by atoms with Crippen LogP contribution in [-0.2, 0) is 7.05 Å². The molecular weight excluding hydrogens is 464 g/mol. The van der Waals surface area contributed by atoms with Gasteiger partial charge in [0.25, 0.3) is 0 Å². The lowest BCUT2D eigenvalue weighted by molar-refractivity contribution is 0.253. The molecule has 5 aromatic rings. The Balaban J connectivity index is 1.40. The summed E-state index contributed by atoms with van der Waals surface area (Å²) in [5.74, 6) is 1.45. The van der Waals surface area contributed by atoms with Crippen LogP contribution >= 0.6 is 11.6 Å². The van der Waals surface area contributed by atoms with Gasteiger partial charge in [0.15, 0.2) is 5.82 Å². The Morgan fingerprint density at radius 1 is 1.09 bits per heavy atom. The summed E-state index contributed by atoms with van der Waals surface area (Å²) >= 11 is 6.57. The van der Waals surface area contributed by atoms with Gasteiger partial charge in [-0.05, 0) is 49.2 Å². The number of aromatic nitrogens is 7. The Morgan fingerprint density at radius 3 is 2.66 bits per heavy atom. The molecule has 0 unspecified atom stereocenters. The first-order valence-electron chi connectivity index (χ1n) is 11.1. The van der Waals surface area contributed by atoms with Gasteiger partial charge in [-0.1, -0.05) is 23.7 Å². The molecule has 6 rings (SSSR count). The summed E-state index contributed by atoms with van der Waals surface area (Å²) in [6, 6.07) is 16.9. The first-order chi connectivity index (χ1) is 17.1. The minimum atomic E-state index is -0.0900. The van der Waals surface area contributed by atoms with Crippen LogP contribution in [0.25, 0.3) is 28.2 Å². The van der Waals surface area contributed by atoms with Crippen molar-refractivity contribution in [2.75, 3.05) is 0 Å². The standard InChI is InChI=1S/C25H19ClN8O/c1-32-22-10-15(13-27)6-7-21(22)33(25(32)35)17-11-16(12-17)23-30-31-24(19-8-9-28-14-29-19)34(23)20-5-3-2-4-18(20)26/h2-10,14,16-17H,11-12H2,1H3. The Hall–Kier alpha value is -4.29. The highest BCUT2D eigenvalue weighted by Crippen LogP contribution is 2.46. The monoisotopic (exact) mass is 482 g/mol. The molecular formula is C25H19ClN8O. The van der Waals surface area contributed by atoms with Crippen molar-refractivity contribution < 1.29 is 0 Å². The van der Waals surface area contributed by atoms with E-state index in [1.54, 1.807) is 36.0 Å². The zero-order chi connectivity index (χ0) is 24.1. The molecule has 1 aliphatic rings. The number of aryl methyl sites for hydroxylation is 1. The smallest absolute Gasteiger partial charge is 0.295 e. The average Bonchev–Trinajstić information content (AvgIpc) is 3.39. The van der Waals surface area contributed by atoms with Gasteiger partial charge in [0.05, 0.1) is 33.4 Å². The molecule has 0 amide bonds. The minimum absolute atomic E-state index is 0.0167. The number of halogens is 1. The molecule has 0 atom stereocenters. The van der Waals surface area contributed by atoms with E-state index in [-0.39, 0.29) is 17.6 Å². The number of fused-ring (bicyclic) bond motifs is 1. The lowest BCUT2D eigenvalue weighted by Gasteiger charge is -2.35. The molecule has 0 spiro atoms. The Kier molecular flexibility index (Phi) is 4.97. The fourth-order valence-electron chi connectivity index (χ4n) is 4.82. The average molecular weight is 483 g/mol. The van der Waals surface area contributed by atoms with Gasteiger partial charge in [0.1, 0.15) is 17.8 Å². The molecule has 0 bridgehead atoms. The normalized spacial score (nSPS) is 17.3. The zero-order valence-corrected chi connectivity index (χ0v) is 19.5. The molecule has 0 aliphatic heterocycles. The van der Waals surface area contributed by atoms with Crippen molar-refractivity contribution in [3.05, 3.63) is 87.9 Å². The molecule has 9 nitrogen and oxygen atoms in total. The van der Waals surface area contributed by atoms with Crippen molar-refractivity contribution in [2.45, 2.75) is 24.8 Å². The van der Waals surface area contributed by atoms with E-state index in [2.05, 4.69) is 26.2 Å². The van der Waals surface area contributed by atoms with Gasteiger partial charge in [0, 0.05) is 25.2 Å². The highest BCUT2D eigenvalue weighted by molar-refractivity contribution is 6.32. The van der Waals surface area contributed by atoms with Crippen LogP contribution in [0.2, 0.25) is 5.02 Å². The third-order valence-corrected chi connectivity index (χ3v) is 6.97. The summed E-state index contributed by atoms with van der Waals surface area (Å²) in [5.41, 5.74) is 3.44. The molecule has 0 N–H and O–H groups in total. The van der Waals surface area contributed by atoms with Gasteiger partial charge >= 0.3 is 5.69 Å². The SMILES string of the molecule is Cn1c(=O)n(C2CC(c3nnc(-c4ccncn4)n3-c3ccccc3Cl)C2)c2ccc(C#N)cc21. The predicted molar refractivity (Wildman–Crippen MR) is 130 cm³/mol. The molecule has 1 saturated carbocycles. The molecule has 3 heterocycles. The molecule has 10 heteroatoms. The Morgan fingerprint density at radius 2 is 1.91 bits per heavy atom. The Labute approximate surface area is 204 Å². The maximum absolute atomic E-state index is 13.1. The van der Waals surface area contributed by atoms with E-state index in [1.165, 1.54) is 6.33 Å². The topological polar surface area (TPSA) is 107 Å². The van der Waals surface area contributed by atoms with Gasteiger partial charge in [-0.3, -0.25) is 13.7 Å². The molecule has 2 aromatic carbocycles. The third kappa shape index (κ3) is 3.33. The van der Waals surface area contributed by atoms with Crippen LogP contribution in [0.15, 0.2) is 65.8 Å². The van der Waals surface area contributed by atoms with Crippen LogP contribution in [0.3, 0.4) is 0 Å². The van der Waals surface area contributed by atoms with Crippen molar-refractivity contribution in [3.8, 4) is 23.3 Å². The number of nitrogens with zero attached hydrogens (tertiary/aromatic N) is 8. The summed E-state index contributed by atoms with van der Waals surface area (Å²) < 4.78 is 5.38. The van der Waals surface area contributed by atoms with E-state index in [4.69, 9.17) is 11.6 Å². The third-order valence-electron chi connectivity index (χ3n) is 6.65. The van der Waals surface area contributed by atoms with Crippen LogP contribution in [-0.4, -0.2) is 33.9 Å². The van der Waals surface area contributed by atoms with E-state index in [1.807, 2.05) is 39.5 Å². The van der Waals surface area contributed by atoms with Crippen LogP contribution in [0, 0.1) is 11.3 Å². The minimum Gasteiger partial charge on any atom is -0.295 e. The quantitative estimate of drug-likeness (QED) is 0.383. The second kappa shape index (κ2) is 8.18. The maximum atomic E-state index is 13.1. The van der Waals surface area contributed by atoms with E-state index in [9.17, 15) is 10.1 Å². The summed E-state index contributed by atoms with van der Waals surface area (Å²) in [7, 11) is 1.74. The van der Waals surface area contributed by atoms with Gasteiger partial charge in [0.2, 0.25) is 0 Å². The number of hydrogen-bond donors (Lipinski definition) is 0. The second-order valence-electron chi connectivity index (χ2n) is 8.61. The maximum Gasteiger partial charge on any atom is 0.329 e. The van der Waals surface area contributed by atoms with Gasteiger partial charge < -0.3 is 0 Å². The number of imidazole rings is 1. The van der Waals surface area contributed by atoms with E-state index < -0.39 is 0 Å². The summed E-state index contributed by atoms with van der Waals surface area (Å²) in [6.45, 7) is 0. The highest BCUT2D eigenvalue weighted by Gasteiger charge is 2.38. The lowest BCUT2D eigenvalue weighted by atomic mass is 9.79. The fourth-order valence-corrected chi connectivity index (χ4v) is 5.04. The van der Waals surface area contributed by atoms with Crippen LogP contribution < -0.4 is 5.69 Å². The molecule has 1 aliphatic carbocycles. The summed E-state index contributed by atoms with van der Waals surface area (Å²) in [5, 5.41) is 18.8. The lowest BCUT2D eigenvalue weighted by Crippen LogP contribution is -2.34. The number of nitriles is 1. The first-order valence-corrected chi connectivity index (χ1v) is 11.5. The second-order valence-corrected chi connectivity index (χ2v) is 9.02. The molecule has 3 aromatic heterocycles. The van der Waals surface area contributed by atoms with Crippen molar-refractivity contribution >= 4 is 22.6 Å². The van der Waals surface area contributed by atoms with E-state index in [0.29, 0.717) is 22.1 Å². The van der Waals surface area contributed by atoms with Crippen molar-refractivity contribution in [1.82, 2.24) is 33.9 Å². The Bertz CT molecular complexity index is 1670. The van der Waals surface area contributed by atoms with Gasteiger partial charge in [-0.2, -0.15) is 5.26 Å². The molecule has 0 radical (unpaired) electrons. The fraction of sp³-hybridized carbons (Fsp3) is 0.200. The molecule has 172 valence electrons. The van der Waals surface area contributed by atoms with Gasteiger partial charge in [-0.15, -0.1) is 10.2 Å².